The highest BCUT2D eigenvalue weighted by Gasteiger charge is 2.34. The Bertz CT molecular complexity index is 1250. The van der Waals surface area contributed by atoms with E-state index in [0.29, 0.717) is 12.8 Å². The molecule has 15 heteroatoms. The van der Waals surface area contributed by atoms with Crippen LogP contribution in [0.2, 0.25) is 0 Å². The number of carbonyl (C=O) groups is 1. The van der Waals surface area contributed by atoms with Gasteiger partial charge in [-0.2, -0.15) is 0 Å². The molecule has 1 aliphatic rings. The number of sulfonamides is 1. The molecule has 0 bridgehead atoms. The van der Waals surface area contributed by atoms with E-state index < -0.39 is 49.5 Å². The first-order chi connectivity index (χ1) is 16.8. The van der Waals surface area contributed by atoms with E-state index in [1.54, 1.807) is 0 Å². The van der Waals surface area contributed by atoms with Crippen molar-refractivity contribution >= 4 is 26.3 Å². The lowest BCUT2D eigenvalue weighted by Gasteiger charge is -2.25. The second-order valence-corrected chi connectivity index (χ2v) is 11.9. The van der Waals surface area contributed by atoms with Gasteiger partial charge in [-0.3, -0.25) is 10.0 Å². The first-order valence-electron chi connectivity index (χ1n) is 10.6. The molecule has 1 fully saturated rings. The lowest BCUT2D eigenvalue weighted by Crippen LogP contribution is -2.45. The molecule has 1 aliphatic heterocycles. The van der Waals surface area contributed by atoms with E-state index >= 15 is 0 Å². The Morgan fingerprint density at radius 2 is 1.42 bits per heavy atom. The van der Waals surface area contributed by atoms with Crippen LogP contribution in [0.4, 0.5) is 13.2 Å². The summed E-state index contributed by atoms with van der Waals surface area (Å²) in [7, 11) is -8.05. The number of amides is 1. The van der Waals surface area contributed by atoms with Crippen LogP contribution in [0.25, 0.3) is 0 Å². The lowest BCUT2D eigenvalue weighted by atomic mass is 10.3. The summed E-state index contributed by atoms with van der Waals surface area (Å²) in [6.07, 6.45) is -3.56. The first-order valence-corrected chi connectivity index (χ1v) is 13.8. The average molecular weight is 553 g/mol. The van der Waals surface area contributed by atoms with Gasteiger partial charge >= 0.3 is 6.36 Å². The molecule has 0 aromatic heterocycles. The van der Waals surface area contributed by atoms with Gasteiger partial charge in [-0.1, -0.05) is 0 Å². The van der Waals surface area contributed by atoms with E-state index in [-0.39, 0.29) is 41.0 Å². The van der Waals surface area contributed by atoms with Crippen molar-refractivity contribution in [2.75, 3.05) is 24.6 Å². The minimum atomic E-state index is -4.83. The maximum Gasteiger partial charge on any atom is 0.573 e. The highest BCUT2D eigenvalue weighted by molar-refractivity contribution is 7.91. The van der Waals surface area contributed by atoms with E-state index in [1.807, 2.05) is 0 Å². The third-order valence-electron chi connectivity index (χ3n) is 5.23. The number of nitrogens with zero attached hydrogens (tertiary/aromatic N) is 2. The lowest BCUT2D eigenvalue weighted by molar-refractivity contribution is -0.274. The largest absolute Gasteiger partial charge is 0.573 e. The Hall–Kier alpha value is -2.88. The van der Waals surface area contributed by atoms with Gasteiger partial charge in [0, 0.05) is 13.1 Å². The van der Waals surface area contributed by atoms with Crippen molar-refractivity contribution in [2.24, 2.45) is 0 Å². The third-order valence-corrected chi connectivity index (χ3v) is 9.00. The molecule has 1 heterocycles. The molecule has 0 spiro atoms. The first kappa shape index (κ1) is 27.7. The number of carbonyl (C=O) groups excluding carboxylic acids is 1. The van der Waals surface area contributed by atoms with Gasteiger partial charge in [-0.15, -0.1) is 13.2 Å². The van der Waals surface area contributed by atoms with Crippen LogP contribution in [0, 0.1) is 0 Å². The van der Waals surface area contributed by atoms with Crippen LogP contribution >= 0.6 is 0 Å². The summed E-state index contributed by atoms with van der Waals surface area (Å²) in [5.41, 5.74) is 0. The van der Waals surface area contributed by atoms with Crippen molar-refractivity contribution < 1.29 is 49.5 Å². The average Bonchev–Trinajstić information content (AvgIpc) is 3.35. The fourth-order valence-corrected chi connectivity index (χ4v) is 6.96. The summed E-state index contributed by atoms with van der Waals surface area (Å²) in [5.74, 6) is -1.73. The molecule has 3 rings (SSSR count). The summed E-state index contributed by atoms with van der Waals surface area (Å²) in [6.45, 7) is 0.571. The van der Waals surface area contributed by atoms with Crippen LogP contribution in [-0.4, -0.2) is 74.8 Å². The van der Waals surface area contributed by atoms with Gasteiger partial charge in [0.15, 0.2) is 9.84 Å². The molecule has 1 N–H and O–H groups in total. The van der Waals surface area contributed by atoms with Crippen molar-refractivity contribution in [3.05, 3.63) is 48.5 Å². The number of alkyl halides is 3. The fourth-order valence-electron chi connectivity index (χ4n) is 3.51. The number of benzene rings is 2. The quantitative estimate of drug-likeness (QED) is 0.256. The smallest absolute Gasteiger partial charge is 0.457 e. The van der Waals surface area contributed by atoms with Gasteiger partial charge < -0.3 is 9.47 Å². The van der Waals surface area contributed by atoms with E-state index in [2.05, 4.69) is 4.74 Å². The molecule has 1 saturated heterocycles. The molecule has 198 valence electrons. The summed E-state index contributed by atoms with van der Waals surface area (Å²) >= 11 is 0. The minimum Gasteiger partial charge on any atom is -0.457 e. The van der Waals surface area contributed by atoms with Gasteiger partial charge in [-0.05, 0) is 61.4 Å². The van der Waals surface area contributed by atoms with E-state index in [1.165, 1.54) is 40.7 Å². The summed E-state index contributed by atoms with van der Waals surface area (Å²) in [4.78, 5) is 10.9. The molecule has 1 unspecified atom stereocenters. The highest BCUT2D eigenvalue weighted by Crippen LogP contribution is 2.28. The number of halogens is 3. The summed E-state index contributed by atoms with van der Waals surface area (Å²) in [6, 6.07) is 7.96. The molecular weight excluding hydrogens is 529 g/mol. The standard InChI is InChI=1S/C21H23F3N2O8S2/c22-21(23,24)34-19-5-3-17(4-6-19)33-18-7-9-20(10-8-18)35(29,30)13-16(26(28)15-27)14-36(31,32)25-11-1-2-12-25/h3-10,15-16,28H,1-2,11-14H2. The molecule has 10 nitrogen and oxygen atoms in total. The minimum absolute atomic E-state index is 0.0365. The van der Waals surface area contributed by atoms with Crippen LogP contribution in [0.5, 0.6) is 17.2 Å². The van der Waals surface area contributed by atoms with Gasteiger partial charge in [0.25, 0.3) is 0 Å². The van der Waals surface area contributed by atoms with Crippen molar-refractivity contribution in [1.29, 1.82) is 0 Å². The normalized spacial score (nSPS) is 15.9. The van der Waals surface area contributed by atoms with Gasteiger partial charge in [0.05, 0.1) is 22.4 Å². The topological polar surface area (TPSA) is 131 Å². The zero-order valence-corrected chi connectivity index (χ0v) is 20.3. The Morgan fingerprint density at radius 1 is 0.917 bits per heavy atom. The zero-order chi connectivity index (χ0) is 26.6. The van der Waals surface area contributed by atoms with Gasteiger partial charge in [-0.25, -0.2) is 26.2 Å². The molecule has 0 radical (unpaired) electrons. The Morgan fingerprint density at radius 3 is 1.92 bits per heavy atom. The molecule has 1 atom stereocenters. The predicted molar refractivity (Wildman–Crippen MR) is 120 cm³/mol. The van der Waals surface area contributed by atoms with Gasteiger partial charge in [0.1, 0.15) is 17.2 Å². The van der Waals surface area contributed by atoms with E-state index in [9.17, 15) is 40.0 Å². The van der Waals surface area contributed by atoms with E-state index in [4.69, 9.17) is 4.74 Å². The number of hydrogen-bond acceptors (Lipinski definition) is 8. The van der Waals surface area contributed by atoms with Crippen molar-refractivity contribution in [1.82, 2.24) is 9.37 Å². The highest BCUT2D eigenvalue weighted by atomic mass is 32.2. The van der Waals surface area contributed by atoms with Crippen LogP contribution in [0.3, 0.4) is 0 Å². The Labute approximate surface area is 205 Å². The molecule has 0 saturated carbocycles. The van der Waals surface area contributed by atoms with Crippen LogP contribution in [-0.2, 0) is 24.7 Å². The second kappa shape index (κ2) is 11.0. The van der Waals surface area contributed by atoms with Crippen LogP contribution in [0.15, 0.2) is 53.4 Å². The van der Waals surface area contributed by atoms with Crippen molar-refractivity contribution in [2.45, 2.75) is 30.1 Å². The Balaban J connectivity index is 1.69. The number of ether oxygens (including phenoxy) is 2. The third kappa shape index (κ3) is 7.56. The zero-order valence-electron chi connectivity index (χ0n) is 18.7. The molecular formula is C21H23F3N2O8S2. The number of sulfone groups is 1. The van der Waals surface area contributed by atoms with Crippen LogP contribution in [0.1, 0.15) is 12.8 Å². The summed E-state index contributed by atoms with van der Waals surface area (Å²) in [5, 5.41) is 9.89. The number of hydrogen-bond donors (Lipinski definition) is 1. The maximum absolute atomic E-state index is 12.9. The molecule has 2 aromatic carbocycles. The Kier molecular flexibility index (Phi) is 8.48. The van der Waals surface area contributed by atoms with E-state index in [0.717, 1.165) is 12.1 Å². The van der Waals surface area contributed by atoms with Crippen molar-refractivity contribution in [3.63, 3.8) is 0 Å². The summed E-state index contributed by atoms with van der Waals surface area (Å²) < 4.78 is 98.1. The van der Waals surface area contributed by atoms with Crippen molar-refractivity contribution in [3.8, 4) is 17.2 Å². The molecule has 1 amide bonds. The fraction of sp³-hybridized carbons (Fsp3) is 0.381. The number of hydroxylamine groups is 2. The SMILES string of the molecule is O=CN(O)C(CS(=O)(=O)c1ccc(Oc2ccc(OC(F)(F)F)cc2)cc1)CS(=O)(=O)N1CCCC1. The second-order valence-electron chi connectivity index (χ2n) is 7.90. The van der Waals surface area contributed by atoms with Gasteiger partial charge in [0.2, 0.25) is 16.4 Å². The van der Waals surface area contributed by atoms with Crippen LogP contribution < -0.4 is 9.47 Å². The molecule has 2 aromatic rings. The molecule has 36 heavy (non-hydrogen) atoms. The maximum atomic E-state index is 12.9. The predicted octanol–water partition coefficient (Wildman–Crippen LogP) is 2.79. The molecule has 0 aliphatic carbocycles. The number of rotatable bonds is 11. The monoisotopic (exact) mass is 552 g/mol.